The zero-order valence-electron chi connectivity index (χ0n) is 16.0. The molecule has 146 valence electrons. The minimum atomic E-state index is -0.00102. The highest BCUT2D eigenvalue weighted by atomic mass is 35.5. The first-order valence-corrected chi connectivity index (χ1v) is 10.1. The number of benzene rings is 1. The fourth-order valence-electron chi connectivity index (χ4n) is 4.32. The Morgan fingerprint density at radius 3 is 2.57 bits per heavy atom. The van der Waals surface area contributed by atoms with E-state index in [-0.39, 0.29) is 18.0 Å². The summed E-state index contributed by atoms with van der Waals surface area (Å²) in [4.78, 5) is 4.09. The van der Waals surface area contributed by atoms with Crippen molar-refractivity contribution < 1.29 is 4.74 Å². The Bertz CT molecular complexity index is 856. The van der Waals surface area contributed by atoms with Gasteiger partial charge in [0.05, 0.1) is 12.2 Å². The number of allylic oxidation sites excluding steroid dienone is 2. The first kappa shape index (κ1) is 19.4. The molecule has 0 amide bonds. The second-order valence-electron chi connectivity index (χ2n) is 8.05. The fourth-order valence-corrected chi connectivity index (χ4v) is 4.32. The second kappa shape index (κ2) is 8.20. The van der Waals surface area contributed by atoms with Crippen LogP contribution < -0.4 is 5.32 Å². The Morgan fingerprint density at radius 2 is 1.86 bits per heavy atom. The third kappa shape index (κ3) is 4.07. The molecule has 0 bridgehead atoms. The second-order valence-corrected chi connectivity index (χ2v) is 8.05. The van der Waals surface area contributed by atoms with E-state index in [1.54, 1.807) is 0 Å². The topological polar surface area (TPSA) is 34.1 Å². The van der Waals surface area contributed by atoms with Crippen molar-refractivity contribution in [1.29, 1.82) is 0 Å². The van der Waals surface area contributed by atoms with E-state index >= 15 is 0 Å². The lowest BCUT2D eigenvalue weighted by Gasteiger charge is -2.20. The fraction of sp³-hybridized carbons (Fsp3) is 0.375. The van der Waals surface area contributed by atoms with Gasteiger partial charge in [0.25, 0.3) is 0 Å². The number of pyridine rings is 1. The average Bonchev–Trinajstić information content (AvgIpc) is 3.18. The molecule has 1 saturated carbocycles. The van der Waals surface area contributed by atoms with E-state index < -0.39 is 0 Å². The van der Waals surface area contributed by atoms with Crippen molar-refractivity contribution >= 4 is 12.4 Å². The van der Waals surface area contributed by atoms with Crippen LogP contribution in [0, 0.1) is 5.92 Å². The molecule has 2 aliphatic carbocycles. The zero-order chi connectivity index (χ0) is 18.1. The number of rotatable bonds is 6. The molecule has 3 unspecified atom stereocenters. The molecular formula is C24H27ClN2O. The molecule has 0 spiro atoms. The highest BCUT2D eigenvalue weighted by molar-refractivity contribution is 5.85. The Morgan fingerprint density at radius 1 is 1.07 bits per heavy atom. The van der Waals surface area contributed by atoms with Crippen LogP contribution in [0.3, 0.4) is 0 Å². The molecule has 28 heavy (non-hydrogen) atoms. The molecule has 1 N–H and O–H groups in total. The zero-order valence-corrected chi connectivity index (χ0v) is 16.8. The molecule has 1 aromatic heterocycles. The summed E-state index contributed by atoms with van der Waals surface area (Å²) in [6.45, 7) is 1.99. The van der Waals surface area contributed by atoms with Gasteiger partial charge in [0, 0.05) is 24.4 Å². The van der Waals surface area contributed by atoms with Gasteiger partial charge in [0.1, 0.15) is 0 Å². The van der Waals surface area contributed by atoms with Crippen LogP contribution in [-0.4, -0.2) is 29.8 Å². The van der Waals surface area contributed by atoms with Gasteiger partial charge in [-0.1, -0.05) is 42.5 Å². The van der Waals surface area contributed by atoms with Crippen molar-refractivity contribution in [3.8, 4) is 11.1 Å². The third-order valence-electron chi connectivity index (χ3n) is 6.09. The lowest BCUT2D eigenvalue weighted by atomic mass is 9.97. The SMILES string of the molecule is C1=CC2(OCC3CCCN3)CC2C=C1Cc1ccc(-c2ccncc2)cc1.Cl. The quantitative estimate of drug-likeness (QED) is 0.768. The van der Waals surface area contributed by atoms with E-state index in [0.29, 0.717) is 12.0 Å². The monoisotopic (exact) mass is 394 g/mol. The van der Waals surface area contributed by atoms with E-state index in [2.05, 4.69) is 64.9 Å². The van der Waals surface area contributed by atoms with Gasteiger partial charge in [-0.25, -0.2) is 0 Å². The number of ether oxygens (including phenoxy) is 1. The standard InChI is InChI=1S/C24H26N2O.ClH/c1-2-23(26-11-1)17-27-24-10-7-19(15-22(24)16-24)14-18-3-5-20(6-4-18)21-8-12-25-13-9-21;/h3-10,12-13,15,22-23,26H,1-2,11,14,16-17H2;1H. The van der Waals surface area contributed by atoms with Gasteiger partial charge >= 0.3 is 0 Å². The summed E-state index contributed by atoms with van der Waals surface area (Å²) in [5.41, 5.74) is 5.22. The van der Waals surface area contributed by atoms with Gasteiger partial charge in [0.15, 0.2) is 0 Å². The summed E-state index contributed by atoms with van der Waals surface area (Å²) in [5.74, 6) is 0.565. The predicted molar refractivity (Wildman–Crippen MR) is 116 cm³/mol. The smallest absolute Gasteiger partial charge is 0.0936 e. The molecule has 1 aromatic carbocycles. The molecule has 2 heterocycles. The lowest BCUT2D eigenvalue weighted by molar-refractivity contribution is 0.0460. The Labute approximate surface area is 173 Å². The Kier molecular flexibility index (Phi) is 5.68. The highest BCUT2D eigenvalue weighted by Gasteiger charge is 2.53. The summed E-state index contributed by atoms with van der Waals surface area (Å²) < 4.78 is 6.29. The molecule has 1 saturated heterocycles. The number of aromatic nitrogens is 1. The van der Waals surface area contributed by atoms with Crippen molar-refractivity contribution in [2.45, 2.75) is 37.3 Å². The van der Waals surface area contributed by atoms with E-state index in [1.165, 1.54) is 35.1 Å². The molecule has 1 aliphatic heterocycles. The molecule has 2 fully saturated rings. The van der Waals surface area contributed by atoms with Crippen LogP contribution in [0.15, 0.2) is 72.6 Å². The minimum Gasteiger partial charge on any atom is -0.369 e. The van der Waals surface area contributed by atoms with Crippen LogP contribution in [-0.2, 0) is 11.2 Å². The van der Waals surface area contributed by atoms with Crippen LogP contribution in [0.25, 0.3) is 11.1 Å². The van der Waals surface area contributed by atoms with Gasteiger partial charge in [-0.15, -0.1) is 12.4 Å². The first-order valence-electron chi connectivity index (χ1n) is 10.1. The van der Waals surface area contributed by atoms with Gasteiger partial charge in [-0.2, -0.15) is 0 Å². The first-order chi connectivity index (χ1) is 13.3. The summed E-state index contributed by atoms with van der Waals surface area (Å²) >= 11 is 0. The number of halogens is 1. The molecule has 5 rings (SSSR count). The predicted octanol–water partition coefficient (Wildman–Crippen LogP) is 4.74. The maximum Gasteiger partial charge on any atom is 0.0936 e. The third-order valence-corrected chi connectivity index (χ3v) is 6.09. The van der Waals surface area contributed by atoms with Crippen LogP contribution >= 0.6 is 12.4 Å². The molecule has 3 aliphatic rings. The summed E-state index contributed by atoms with van der Waals surface area (Å²) in [7, 11) is 0. The lowest BCUT2D eigenvalue weighted by Crippen LogP contribution is -2.30. The number of nitrogens with zero attached hydrogens (tertiary/aromatic N) is 1. The van der Waals surface area contributed by atoms with Crippen LogP contribution in [0.4, 0.5) is 0 Å². The van der Waals surface area contributed by atoms with Gasteiger partial charge < -0.3 is 10.1 Å². The molecule has 3 atom stereocenters. The van der Waals surface area contributed by atoms with Crippen LogP contribution in [0.1, 0.15) is 24.8 Å². The van der Waals surface area contributed by atoms with Gasteiger partial charge in [0.2, 0.25) is 0 Å². The molecule has 2 aromatic rings. The van der Waals surface area contributed by atoms with E-state index in [0.717, 1.165) is 26.0 Å². The Hall–Kier alpha value is -1.94. The maximum atomic E-state index is 6.29. The van der Waals surface area contributed by atoms with Crippen molar-refractivity contribution in [3.05, 3.63) is 78.2 Å². The van der Waals surface area contributed by atoms with E-state index in [4.69, 9.17) is 4.74 Å². The van der Waals surface area contributed by atoms with Gasteiger partial charge in [-0.3, -0.25) is 4.98 Å². The largest absolute Gasteiger partial charge is 0.369 e. The summed E-state index contributed by atoms with van der Waals surface area (Å²) in [6.07, 6.45) is 15.4. The average molecular weight is 395 g/mol. The van der Waals surface area contributed by atoms with Crippen molar-refractivity contribution in [1.82, 2.24) is 10.3 Å². The molecule has 0 radical (unpaired) electrons. The summed E-state index contributed by atoms with van der Waals surface area (Å²) in [5, 5.41) is 3.52. The maximum absolute atomic E-state index is 6.29. The normalized spacial score (nSPS) is 27.6. The van der Waals surface area contributed by atoms with Crippen molar-refractivity contribution in [3.63, 3.8) is 0 Å². The molecule has 3 nitrogen and oxygen atoms in total. The number of nitrogens with one attached hydrogen (secondary N) is 1. The van der Waals surface area contributed by atoms with E-state index in [9.17, 15) is 0 Å². The number of fused-ring (bicyclic) bond motifs is 1. The van der Waals surface area contributed by atoms with Crippen molar-refractivity contribution in [2.75, 3.05) is 13.2 Å². The van der Waals surface area contributed by atoms with Crippen molar-refractivity contribution in [2.24, 2.45) is 5.92 Å². The number of hydrogen-bond acceptors (Lipinski definition) is 3. The van der Waals surface area contributed by atoms with Crippen LogP contribution in [0.5, 0.6) is 0 Å². The minimum absolute atomic E-state index is 0. The number of hydrogen-bond donors (Lipinski definition) is 1. The van der Waals surface area contributed by atoms with E-state index in [1.807, 2.05) is 12.4 Å². The Balaban J connectivity index is 0.00000192. The molecular weight excluding hydrogens is 368 g/mol. The summed E-state index contributed by atoms with van der Waals surface area (Å²) in [6, 6.07) is 13.5. The van der Waals surface area contributed by atoms with Gasteiger partial charge in [-0.05, 0) is 66.6 Å². The molecule has 4 heteroatoms. The highest BCUT2D eigenvalue weighted by Crippen LogP contribution is 2.52. The van der Waals surface area contributed by atoms with Crippen LogP contribution in [0.2, 0.25) is 0 Å².